The highest BCUT2D eigenvalue weighted by molar-refractivity contribution is 4.86. The third kappa shape index (κ3) is 2.96. The van der Waals surface area contributed by atoms with Crippen LogP contribution in [-0.4, -0.2) is 36.1 Å². The summed E-state index contributed by atoms with van der Waals surface area (Å²) in [5.41, 5.74) is 0.364. The number of hydrogen-bond donors (Lipinski definition) is 1. The minimum atomic E-state index is 0.364. The second kappa shape index (κ2) is 5.13. The number of nitrogens with one attached hydrogen (secondary N) is 1. The zero-order valence-electron chi connectivity index (χ0n) is 10.3. The van der Waals surface area contributed by atoms with Gasteiger partial charge in [-0.25, -0.2) is 0 Å². The molecule has 0 saturated carbocycles. The van der Waals surface area contributed by atoms with Crippen LogP contribution in [0.3, 0.4) is 0 Å². The van der Waals surface area contributed by atoms with Crippen LogP contribution in [0.1, 0.15) is 47.0 Å². The Hall–Kier alpha value is -0.0800. The van der Waals surface area contributed by atoms with E-state index in [0.717, 1.165) is 6.04 Å². The molecule has 0 aromatic heterocycles. The maximum atomic E-state index is 3.49. The lowest BCUT2D eigenvalue weighted by molar-refractivity contribution is 0.0593. The van der Waals surface area contributed by atoms with Gasteiger partial charge in [0.05, 0.1) is 0 Å². The summed E-state index contributed by atoms with van der Waals surface area (Å²) in [6, 6.07) is 0.725. The summed E-state index contributed by atoms with van der Waals surface area (Å²) in [6.45, 7) is 13.0. The Kier molecular flexibility index (Phi) is 4.39. The van der Waals surface area contributed by atoms with Crippen LogP contribution < -0.4 is 5.32 Å². The molecule has 0 spiro atoms. The molecule has 1 heterocycles. The zero-order valence-corrected chi connectivity index (χ0v) is 10.3. The Bertz CT molecular complexity index is 166. The molecule has 1 fully saturated rings. The van der Waals surface area contributed by atoms with Crippen molar-refractivity contribution < 1.29 is 0 Å². The SMILES string of the molecule is CCC(C)N1CCCNCCC1(C)C. The third-order valence-corrected chi connectivity index (χ3v) is 3.57. The highest BCUT2D eigenvalue weighted by Gasteiger charge is 2.29. The van der Waals surface area contributed by atoms with E-state index in [4.69, 9.17) is 0 Å². The first-order valence-electron chi connectivity index (χ1n) is 6.05. The van der Waals surface area contributed by atoms with Gasteiger partial charge in [0, 0.05) is 18.1 Å². The van der Waals surface area contributed by atoms with Crippen LogP contribution in [0, 0.1) is 0 Å². The van der Waals surface area contributed by atoms with Crippen molar-refractivity contribution in [3.8, 4) is 0 Å². The van der Waals surface area contributed by atoms with E-state index < -0.39 is 0 Å². The topological polar surface area (TPSA) is 15.3 Å². The van der Waals surface area contributed by atoms with E-state index >= 15 is 0 Å². The van der Waals surface area contributed by atoms with Gasteiger partial charge in [0.2, 0.25) is 0 Å². The summed E-state index contributed by atoms with van der Waals surface area (Å²) in [5.74, 6) is 0. The first-order valence-corrected chi connectivity index (χ1v) is 6.05. The van der Waals surface area contributed by atoms with Crippen molar-refractivity contribution in [3.63, 3.8) is 0 Å². The predicted molar refractivity (Wildman–Crippen MR) is 62.6 cm³/mol. The van der Waals surface area contributed by atoms with Gasteiger partial charge < -0.3 is 5.32 Å². The zero-order chi connectivity index (χ0) is 10.6. The van der Waals surface area contributed by atoms with E-state index in [1.807, 2.05) is 0 Å². The largest absolute Gasteiger partial charge is 0.317 e. The van der Waals surface area contributed by atoms with Crippen molar-refractivity contribution in [2.45, 2.75) is 58.5 Å². The fourth-order valence-corrected chi connectivity index (χ4v) is 2.38. The van der Waals surface area contributed by atoms with E-state index in [1.165, 1.54) is 38.9 Å². The molecule has 84 valence electrons. The van der Waals surface area contributed by atoms with Crippen LogP contribution in [0.4, 0.5) is 0 Å². The maximum Gasteiger partial charge on any atom is 0.0168 e. The number of nitrogens with zero attached hydrogens (tertiary/aromatic N) is 1. The van der Waals surface area contributed by atoms with Crippen LogP contribution in [0.25, 0.3) is 0 Å². The Balaban J connectivity index is 2.64. The normalized spacial score (nSPS) is 26.6. The average molecular weight is 198 g/mol. The molecule has 0 aromatic carbocycles. The maximum absolute atomic E-state index is 3.49. The van der Waals surface area contributed by atoms with E-state index in [9.17, 15) is 0 Å². The van der Waals surface area contributed by atoms with E-state index in [2.05, 4.69) is 37.9 Å². The molecular formula is C12H26N2. The molecule has 1 aliphatic heterocycles. The van der Waals surface area contributed by atoms with Gasteiger partial charge >= 0.3 is 0 Å². The Morgan fingerprint density at radius 3 is 2.71 bits per heavy atom. The van der Waals surface area contributed by atoms with Crippen molar-refractivity contribution in [2.24, 2.45) is 0 Å². The molecule has 2 heteroatoms. The molecule has 0 radical (unpaired) electrons. The van der Waals surface area contributed by atoms with Gasteiger partial charge in [-0.3, -0.25) is 4.90 Å². The lowest BCUT2D eigenvalue weighted by atomic mass is 9.94. The van der Waals surface area contributed by atoms with Crippen molar-refractivity contribution in [1.29, 1.82) is 0 Å². The lowest BCUT2D eigenvalue weighted by Gasteiger charge is -2.44. The molecule has 1 rings (SSSR count). The highest BCUT2D eigenvalue weighted by atomic mass is 15.2. The minimum absolute atomic E-state index is 0.364. The van der Waals surface area contributed by atoms with E-state index in [1.54, 1.807) is 0 Å². The van der Waals surface area contributed by atoms with Gasteiger partial charge in [-0.2, -0.15) is 0 Å². The quantitative estimate of drug-likeness (QED) is 0.732. The predicted octanol–water partition coefficient (Wildman–Crippen LogP) is 2.25. The molecule has 1 atom stereocenters. The number of hydrogen-bond acceptors (Lipinski definition) is 2. The molecule has 0 aromatic rings. The fraction of sp³-hybridized carbons (Fsp3) is 1.00. The lowest BCUT2D eigenvalue weighted by Crippen LogP contribution is -2.52. The molecule has 0 bridgehead atoms. The highest BCUT2D eigenvalue weighted by Crippen LogP contribution is 2.23. The Morgan fingerprint density at radius 1 is 1.36 bits per heavy atom. The van der Waals surface area contributed by atoms with Gasteiger partial charge in [0.15, 0.2) is 0 Å². The number of rotatable bonds is 2. The van der Waals surface area contributed by atoms with Crippen molar-refractivity contribution in [1.82, 2.24) is 10.2 Å². The summed E-state index contributed by atoms with van der Waals surface area (Å²) < 4.78 is 0. The first kappa shape index (κ1) is 12.0. The summed E-state index contributed by atoms with van der Waals surface area (Å²) in [7, 11) is 0. The molecule has 1 N–H and O–H groups in total. The molecule has 1 aliphatic rings. The summed E-state index contributed by atoms with van der Waals surface area (Å²) in [6.07, 6.45) is 3.81. The monoisotopic (exact) mass is 198 g/mol. The van der Waals surface area contributed by atoms with Gasteiger partial charge in [-0.05, 0) is 53.1 Å². The Morgan fingerprint density at radius 2 is 2.07 bits per heavy atom. The average Bonchev–Trinajstić information content (AvgIpc) is 2.12. The van der Waals surface area contributed by atoms with Crippen molar-refractivity contribution in [2.75, 3.05) is 19.6 Å². The van der Waals surface area contributed by atoms with Crippen molar-refractivity contribution in [3.05, 3.63) is 0 Å². The standard InChI is InChI=1S/C12H26N2/c1-5-11(2)14-10-6-8-13-9-7-12(14,3)4/h11,13H,5-10H2,1-4H3. The molecule has 1 saturated heterocycles. The first-order chi connectivity index (χ1) is 6.58. The summed E-state index contributed by atoms with van der Waals surface area (Å²) in [5, 5.41) is 3.49. The van der Waals surface area contributed by atoms with Crippen LogP contribution in [0.15, 0.2) is 0 Å². The molecule has 0 amide bonds. The summed E-state index contributed by atoms with van der Waals surface area (Å²) >= 11 is 0. The molecule has 2 nitrogen and oxygen atoms in total. The van der Waals surface area contributed by atoms with Gasteiger partial charge in [-0.1, -0.05) is 6.92 Å². The molecular weight excluding hydrogens is 172 g/mol. The molecule has 0 aliphatic carbocycles. The van der Waals surface area contributed by atoms with Gasteiger partial charge in [0.25, 0.3) is 0 Å². The van der Waals surface area contributed by atoms with Gasteiger partial charge in [-0.15, -0.1) is 0 Å². The van der Waals surface area contributed by atoms with Crippen LogP contribution in [0.5, 0.6) is 0 Å². The van der Waals surface area contributed by atoms with E-state index in [-0.39, 0.29) is 0 Å². The third-order valence-electron chi connectivity index (χ3n) is 3.57. The Labute approximate surface area is 89.1 Å². The summed E-state index contributed by atoms with van der Waals surface area (Å²) in [4.78, 5) is 2.69. The van der Waals surface area contributed by atoms with Crippen molar-refractivity contribution >= 4 is 0 Å². The fourth-order valence-electron chi connectivity index (χ4n) is 2.38. The van der Waals surface area contributed by atoms with Crippen LogP contribution in [0.2, 0.25) is 0 Å². The molecule has 1 unspecified atom stereocenters. The molecule has 14 heavy (non-hydrogen) atoms. The van der Waals surface area contributed by atoms with Crippen LogP contribution in [-0.2, 0) is 0 Å². The van der Waals surface area contributed by atoms with E-state index in [0.29, 0.717) is 5.54 Å². The second-order valence-electron chi connectivity index (χ2n) is 5.12. The van der Waals surface area contributed by atoms with Crippen LogP contribution >= 0.6 is 0 Å². The smallest absolute Gasteiger partial charge is 0.0168 e. The second-order valence-corrected chi connectivity index (χ2v) is 5.12. The minimum Gasteiger partial charge on any atom is -0.317 e. The van der Waals surface area contributed by atoms with Gasteiger partial charge in [0.1, 0.15) is 0 Å².